The van der Waals surface area contributed by atoms with Crippen LogP contribution in [0.15, 0.2) is 24.3 Å². The number of hydrogen-bond acceptors (Lipinski definition) is 4. The largest absolute Gasteiger partial charge is 0.351 e. The van der Waals surface area contributed by atoms with Crippen LogP contribution in [0, 0.1) is 0 Å². The number of piperazine rings is 1. The molecule has 1 aliphatic heterocycles. The van der Waals surface area contributed by atoms with Crippen LogP contribution in [0.4, 0.5) is 10.5 Å². The highest BCUT2D eigenvalue weighted by Gasteiger charge is 2.26. The van der Waals surface area contributed by atoms with E-state index in [4.69, 9.17) is 5.73 Å². The van der Waals surface area contributed by atoms with Gasteiger partial charge in [-0.25, -0.2) is 4.79 Å². The van der Waals surface area contributed by atoms with E-state index in [9.17, 15) is 19.2 Å². The number of amides is 5. The molecule has 20 heavy (non-hydrogen) atoms. The number of rotatable bonds is 2. The fraction of sp³-hybridized carbons (Fsp3) is 0.167. The highest BCUT2D eigenvalue weighted by molar-refractivity contribution is 6.05. The van der Waals surface area contributed by atoms with Crippen LogP contribution < -0.4 is 16.4 Å². The lowest BCUT2D eigenvalue weighted by atomic mass is 10.1. The van der Waals surface area contributed by atoms with Crippen LogP contribution in [-0.2, 0) is 9.59 Å². The van der Waals surface area contributed by atoms with E-state index in [1.165, 1.54) is 24.3 Å². The first kappa shape index (κ1) is 13.5. The van der Waals surface area contributed by atoms with Crippen LogP contribution in [0.1, 0.15) is 10.4 Å². The molecule has 2 rings (SSSR count). The molecule has 0 radical (unpaired) electrons. The van der Waals surface area contributed by atoms with Gasteiger partial charge in [-0.05, 0) is 24.3 Å². The number of nitrogens with two attached hydrogens (primary N) is 1. The number of imide groups is 1. The summed E-state index contributed by atoms with van der Waals surface area (Å²) in [6, 6.07) is 5.26. The Bertz CT molecular complexity index is 566. The zero-order valence-electron chi connectivity index (χ0n) is 10.4. The number of carbonyl (C=O) groups excluding carboxylic acids is 4. The second-order valence-corrected chi connectivity index (χ2v) is 4.20. The minimum atomic E-state index is -0.706. The van der Waals surface area contributed by atoms with E-state index in [0.29, 0.717) is 11.3 Å². The van der Waals surface area contributed by atoms with Gasteiger partial charge >= 0.3 is 6.03 Å². The van der Waals surface area contributed by atoms with Gasteiger partial charge < -0.3 is 16.0 Å². The van der Waals surface area contributed by atoms with Crippen molar-refractivity contribution < 1.29 is 19.2 Å². The molecule has 8 heteroatoms. The Balaban J connectivity index is 2.10. The van der Waals surface area contributed by atoms with E-state index < -0.39 is 23.8 Å². The topological polar surface area (TPSA) is 122 Å². The minimum absolute atomic E-state index is 0.161. The van der Waals surface area contributed by atoms with Gasteiger partial charge in [0, 0.05) is 11.3 Å². The Morgan fingerprint density at radius 3 is 2.15 bits per heavy atom. The molecule has 104 valence electrons. The molecule has 0 bridgehead atoms. The normalized spacial score (nSPS) is 14.7. The number of hydrogen-bond donors (Lipinski definition) is 3. The summed E-state index contributed by atoms with van der Waals surface area (Å²) in [5, 5.41) is 4.47. The lowest BCUT2D eigenvalue weighted by Gasteiger charge is -2.25. The van der Waals surface area contributed by atoms with E-state index in [1.54, 1.807) is 0 Å². The molecule has 8 nitrogen and oxygen atoms in total. The van der Waals surface area contributed by atoms with Gasteiger partial charge in [0.25, 0.3) is 5.91 Å². The van der Waals surface area contributed by atoms with Crippen LogP contribution in [0.5, 0.6) is 0 Å². The number of nitrogens with zero attached hydrogens (tertiary/aromatic N) is 1. The van der Waals surface area contributed by atoms with Crippen molar-refractivity contribution >= 4 is 29.4 Å². The van der Waals surface area contributed by atoms with Crippen molar-refractivity contribution in [2.75, 3.05) is 18.4 Å². The fourth-order valence-electron chi connectivity index (χ4n) is 1.80. The van der Waals surface area contributed by atoms with Crippen LogP contribution in [0.2, 0.25) is 0 Å². The van der Waals surface area contributed by atoms with Gasteiger partial charge in [-0.1, -0.05) is 0 Å². The summed E-state index contributed by atoms with van der Waals surface area (Å²) < 4.78 is 0. The van der Waals surface area contributed by atoms with E-state index in [2.05, 4.69) is 10.6 Å². The van der Waals surface area contributed by atoms with E-state index in [0.717, 1.165) is 4.90 Å². The van der Waals surface area contributed by atoms with Gasteiger partial charge in [-0.2, -0.15) is 0 Å². The van der Waals surface area contributed by atoms with Crippen molar-refractivity contribution in [3.05, 3.63) is 29.8 Å². The fourth-order valence-corrected chi connectivity index (χ4v) is 1.80. The predicted molar refractivity (Wildman–Crippen MR) is 68.7 cm³/mol. The molecule has 0 spiro atoms. The van der Waals surface area contributed by atoms with Gasteiger partial charge in [-0.15, -0.1) is 0 Å². The van der Waals surface area contributed by atoms with Gasteiger partial charge in [0.15, 0.2) is 0 Å². The summed E-state index contributed by atoms with van der Waals surface area (Å²) in [7, 11) is 0. The number of anilines is 1. The first-order chi connectivity index (χ1) is 9.45. The van der Waals surface area contributed by atoms with Gasteiger partial charge in [-0.3, -0.25) is 19.7 Å². The summed E-state index contributed by atoms with van der Waals surface area (Å²) in [6.07, 6.45) is 0. The van der Waals surface area contributed by atoms with Crippen LogP contribution in [0.25, 0.3) is 0 Å². The van der Waals surface area contributed by atoms with Gasteiger partial charge in [0.2, 0.25) is 11.8 Å². The SMILES string of the molecule is NC(=O)Nc1ccc(C(=O)N2CC(=O)NC(=O)C2)cc1. The second kappa shape index (κ2) is 5.39. The van der Waals surface area contributed by atoms with Crippen molar-refractivity contribution in [1.29, 1.82) is 0 Å². The molecule has 1 saturated heterocycles. The smallest absolute Gasteiger partial charge is 0.316 e. The number of urea groups is 1. The quantitative estimate of drug-likeness (QED) is 0.617. The number of carbonyl (C=O) groups is 4. The van der Waals surface area contributed by atoms with Crippen LogP contribution >= 0.6 is 0 Å². The van der Waals surface area contributed by atoms with Crippen molar-refractivity contribution in [1.82, 2.24) is 10.2 Å². The molecular weight excluding hydrogens is 264 g/mol. The molecule has 1 aromatic rings. The van der Waals surface area contributed by atoms with E-state index >= 15 is 0 Å². The molecule has 0 saturated carbocycles. The first-order valence-electron chi connectivity index (χ1n) is 5.74. The average molecular weight is 276 g/mol. The van der Waals surface area contributed by atoms with E-state index in [-0.39, 0.29) is 13.1 Å². The monoisotopic (exact) mass is 276 g/mol. The Labute approximate surface area is 113 Å². The maximum absolute atomic E-state index is 12.1. The highest BCUT2D eigenvalue weighted by Crippen LogP contribution is 2.12. The standard InChI is InChI=1S/C12H12N4O4/c13-12(20)14-8-3-1-7(2-4-8)11(19)16-5-9(17)15-10(18)6-16/h1-4H,5-6H2,(H3,13,14,20)(H,15,17,18). The van der Waals surface area contributed by atoms with Crippen molar-refractivity contribution in [2.45, 2.75) is 0 Å². The molecule has 1 aromatic carbocycles. The lowest BCUT2D eigenvalue weighted by Crippen LogP contribution is -2.53. The third-order valence-corrected chi connectivity index (χ3v) is 2.63. The van der Waals surface area contributed by atoms with Crippen LogP contribution in [-0.4, -0.2) is 41.7 Å². The number of benzene rings is 1. The number of nitrogens with one attached hydrogen (secondary N) is 2. The third kappa shape index (κ3) is 3.10. The zero-order chi connectivity index (χ0) is 14.7. The molecule has 0 aromatic heterocycles. The molecule has 5 amide bonds. The average Bonchev–Trinajstić information content (AvgIpc) is 2.37. The van der Waals surface area contributed by atoms with Crippen molar-refractivity contribution in [3.8, 4) is 0 Å². The lowest BCUT2D eigenvalue weighted by molar-refractivity contribution is -0.135. The summed E-state index contributed by atoms with van der Waals surface area (Å²) in [4.78, 5) is 46.3. The van der Waals surface area contributed by atoms with E-state index in [1.807, 2.05) is 0 Å². The molecule has 4 N–H and O–H groups in total. The molecule has 1 fully saturated rings. The third-order valence-electron chi connectivity index (χ3n) is 2.63. The van der Waals surface area contributed by atoms with Crippen LogP contribution in [0.3, 0.4) is 0 Å². The summed E-state index contributed by atoms with van der Waals surface area (Å²) in [5.74, 6) is -1.46. The molecule has 1 heterocycles. The summed E-state index contributed by atoms with van der Waals surface area (Å²) >= 11 is 0. The maximum atomic E-state index is 12.1. The Morgan fingerprint density at radius 2 is 1.65 bits per heavy atom. The van der Waals surface area contributed by atoms with Crippen molar-refractivity contribution in [2.24, 2.45) is 5.73 Å². The Hall–Kier alpha value is -2.90. The zero-order valence-corrected chi connectivity index (χ0v) is 10.4. The van der Waals surface area contributed by atoms with Gasteiger partial charge in [0.1, 0.15) is 13.1 Å². The molecule has 1 aliphatic rings. The predicted octanol–water partition coefficient (Wildman–Crippen LogP) is -0.724. The Kier molecular flexibility index (Phi) is 3.65. The highest BCUT2D eigenvalue weighted by atomic mass is 16.2. The van der Waals surface area contributed by atoms with Gasteiger partial charge in [0.05, 0.1) is 0 Å². The second-order valence-electron chi connectivity index (χ2n) is 4.20. The summed E-state index contributed by atoms with van der Waals surface area (Å²) in [5.41, 5.74) is 5.72. The molecule has 0 unspecified atom stereocenters. The maximum Gasteiger partial charge on any atom is 0.316 e. The number of primary amides is 1. The molecule has 0 aliphatic carbocycles. The molecular formula is C12H12N4O4. The summed E-state index contributed by atoms with van der Waals surface area (Å²) in [6.45, 7) is -0.322. The molecule has 0 atom stereocenters. The Morgan fingerprint density at radius 1 is 1.10 bits per heavy atom. The minimum Gasteiger partial charge on any atom is -0.351 e. The first-order valence-corrected chi connectivity index (χ1v) is 5.74. The van der Waals surface area contributed by atoms with Crippen molar-refractivity contribution in [3.63, 3.8) is 0 Å².